The SMILES string of the molecule is CC1CCC(C)(C)CCC1(C)O. The van der Waals surface area contributed by atoms with Crippen molar-refractivity contribution < 1.29 is 5.11 Å². The smallest absolute Gasteiger partial charge is 0.0645 e. The molecule has 0 aliphatic heterocycles. The number of aliphatic hydroxyl groups is 1. The molecule has 2 atom stereocenters. The minimum absolute atomic E-state index is 0.423. The van der Waals surface area contributed by atoms with Crippen LogP contribution in [0.5, 0.6) is 0 Å². The summed E-state index contributed by atoms with van der Waals surface area (Å²) in [5.74, 6) is 0.458. The molecule has 1 heteroatoms. The first kappa shape index (κ1) is 10.0. The van der Waals surface area contributed by atoms with Crippen molar-refractivity contribution in [2.24, 2.45) is 11.3 Å². The third-order valence-electron chi connectivity index (χ3n) is 3.62. The van der Waals surface area contributed by atoms with Crippen LogP contribution in [0.15, 0.2) is 0 Å². The van der Waals surface area contributed by atoms with E-state index in [-0.39, 0.29) is 0 Å². The van der Waals surface area contributed by atoms with E-state index in [1.807, 2.05) is 6.92 Å². The second-order valence-electron chi connectivity index (χ2n) is 5.46. The van der Waals surface area contributed by atoms with Crippen LogP contribution in [0.1, 0.15) is 53.4 Å². The van der Waals surface area contributed by atoms with Crippen LogP contribution in [0, 0.1) is 11.3 Å². The molecule has 0 aromatic rings. The average molecular weight is 170 g/mol. The van der Waals surface area contributed by atoms with Crippen LogP contribution in [-0.2, 0) is 0 Å². The largest absolute Gasteiger partial charge is 0.390 e. The van der Waals surface area contributed by atoms with E-state index in [1.165, 1.54) is 12.8 Å². The number of rotatable bonds is 0. The first-order valence-corrected chi connectivity index (χ1v) is 5.06. The van der Waals surface area contributed by atoms with Crippen molar-refractivity contribution in [1.82, 2.24) is 0 Å². The second-order valence-corrected chi connectivity index (χ2v) is 5.46. The summed E-state index contributed by atoms with van der Waals surface area (Å²) in [6, 6.07) is 0. The Balaban J connectivity index is 2.66. The zero-order chi connectivity index (χ0) is 9.41. The van der Waals surface area contributed by atoms with Gasteiger partial charge in [-0.05, 0) is 43.9 Å². The molecule has 0 spiro atoms. The lowest BCUT2D eigenvalue weighted by molar-refractivity contribution is -0.000730. The Hall–Kier alpha value is -0.0400. The molecular formula is C11H22O. The Morgan fingerprint density at radius 1 is 1.08 bits per heavy atom. The molecule has 1 aliphatic rings. The monoisotopic (exact) mass is 170 g/mol. The minimum Gasteiger partial charge on any atom is -0.390 e. The summed E-state index contributed by atoms with van der Waals surface area (Å²) in [6.45, 7) is 8.77. The molecule has 0 radical (unpaired) electrons. The fourth-order valence-corrected chi connectivity index (χ4v) is 1.88. The van der Waals surface area contributed by atoms with Crippen LogP contribution in [0.3, 0.4) is 0 Å². The summed E-state index contributed by atoms with van der Waals surface area (Å²) >= 11 is 0. The lowest BCUT2D eigenvalue weighted by Gasteiger charge is -2.28. The van der Waals surface area contributed by atoms with Gasteiger partial charge in [-0.15, -0.1) is 0 Å². The van der Waals surface area contributed by atoms with Gasteiger partial charge in [0.1, 0.15) is 0 Å². The van der Waals surface area contributed by atoms with Crippen molar-refractivity contribution in [3.8, 4) is 0 Å². The fraction of sp³-hybridized carbons (Fsp3) is 1.00. The van der Waals surface area contributed by atoms with E-state index in [4.69, 9.17) is 0 Å². The Morgan fingerprint density at radius 3 is 2.25 bits per heavy atom. The first-order chi connectivity index (χ1) is 5.33. The fourth-order valence-electron chi connectivity index (χ4n) is 1.88. The summed E-state index contributed by atoms with van der Waals surface area (Å²) in [7, 11) is 0. The molecule has 0 aromatic carbocycles. The van der Waals surface area contributed by atoms with Crippen molar-refractivity contribution in [2.45, 2.75) is 59.0 Å². The van der Waals surface area contributed by atoms with Crippen LogP contribution >= 0.6 is 0 Å². The predicted molar refractivity (Wildman–Crippen MR) is 52.0 cm³/mol. The van der Waals surface area contributed by atoms with Gasteiger partial charge in [-0.3, -0.25) is 0 Å². The van der Waals surface area contributed by atoms with Crippen molar-refractivity contribution in [1.29, 1.82) is 0 Å². The highest BCUT2D eigenvalue weighted by molar-refractivity contribution is 4.87. The highest BCUT2D eigenvalue weighted by Crippen LogP contribution is 2.40. The van der Waals surface area contributed by atoms with Crippen LogP contribution < -0.4 is 0 Å². The molecule has 1 fully saturated rings. The van der Waals surface area contributed by atoms with E-state index in [9.17, 15) is 5.11 Å². The zero-order valence-corrected chi connectivity index (χ0v) is 8.85. The molecule has 0 heterocycles. The van der Waals surface area contributed by atoms with Crippen LogP contribution in [-0.4, -0.2) is 10.7 Å². The van der Waals surface area contributed by atoms with Gasteiger partial charge in [0, 0.05) is 0 Å². The lowest BCUT2D eigenvalue weighted by Crippen LogP contribution is -2.31. The molecule has 1 nitrogen and oxygen atoms in total. The molecule has 0 bridgehead atoms. The summed E-state index contributed by atoms with van der Waals surface area (Å²) in [5.41, 5.74) is 0.0164. The van der Waals surface area contributed by atoms with E-state index in [1.54, 1.807) is 0 Å². The van der Waals surface area contributed by atoms with E-state index in [0.29, 0.717) is 11.3 Å². The molecule has 1 saturated carbocycles. The maximum Gasteiger partial charge on any atom is 0.0645 e. The normalized spacial score (nSPS) is 42.2. The maximum absolute atomic E-state index is 10.1. The molecule has 0 saturated heterocycles. The molecule has 1 N–H and O–H groups in total. The minimum atomic E-state index is -0.423. The van der Waals surface area contributed by atoms with Gasteiger partial charge in [0.05, 0.1) is 5.60 Å². The zero-order valence-electron chi connectivity index (χ0n) is 8.85. The standard InChI is InChI=1S/C11H22O/c1-9-5-6-10(2,3)7-8-11(9,4)12/h9,12H,5-8H2,1-4H3. The second kappa shape index (κ2) is 3.02. The molecular weight excluding hydrogens is 148 g/mol. The summed E-state index contributed by atoms with van der Waals surface area (Å²) in [6.07, 6.45) is 4.54. The van der Waals surface area contributed by atoms with Crippen molar-refractivity contribution in [3.63, 3.8) is 0 Å². The summed E-state index contributed by atoms with van der Waals surface area (Å²) in [5, 5.41) is 10.1. The quantitative estimate of drug-likeness (QED) is 0.554. The predicted octanol–water partition coefficient (Wildman–Crippen LogP) is 2.97. The molecule has 72 valence electrons. The Bertz CT molecular complexity index is 158. The van der Waals surface area contributed by atoms with Gasteiger partial charge in [-0.1, -0.05) is 20.8 Å². The molecule has 0 amide bonds. The number of hydrogen-bond acceptors (Lipinski definition) is 1. The third-order valence-corrected chi connectivity index (χ3v) is 3.62. The highest BCUT2D eigenvalue weighted by atomic mass is 16.3. The highest BCUT2D eigenvalue weighted by Gasteiger charge is 2.35. The van der Waals surface area contributed by atoms with Gasteiger partial charge in [-0.25, -0.2) is 0 Å². The van der Waals surface area contributed by atoms with Crippen molar-refractivity contribution >= 4 is 0 Å². The first-order valence-electron chi connectivity index (χ1n) is 5.06. The van der Waals surface area contributed by atoms with E-state index < -0.39 is 5.60 Å². The van der Waals surface area contributed by atoms with Crippen LogP contribution in [0.25, 0.3) is 0 Å². The van der Waals surface area contributed by atoms with E-state index >= 15 is 0 Å². The molecule has 1 aliphatic carbocycles. The van der Waals surface area contributed by atoms with E-state index in [2.05, 4.69) is 20.8 Å². The van der Waals surface area contributed by atoms with Gasteiger partial charge in [0.25, 0.3) is 0 Å². The van der Waals surface area contributed by atoms with Gasteiger partial charge in [0.15, 0.2) is 0 Å². The lowest BCUT2D eigenvalue weighted by atomic mass is 9.84. The Morgan fingerprint density at radius 2 is 1.67 bits per heavy atom. The Labute approximate surface area is 76.2 Å². The summed E-state index contributed by atoms with van der Waals surface area (Å²) < 4.78 is 0. The molecule has 1 rings (SSSR count). The average Bonchev–Trinajstić information content (AvgIpc) is 2.03. The van der Waals surface area contributed by atoms with Gasteiger partial charge in [0.2, 0.25) is 0 Å². The van der Waals surface area contributed by atoms with E-state index in [0.717, 1.165) is 12.8 Å². The van der Waals surface area contributed by atoms with Gasteiger partial charge < -0.3 is 5.11 Å². The maximum atomic E-state index is 10.1. The van der Waals surface area contributed by atoms with Crippen molar-refractivity contribution in [3.05, 3.63) is 0 Å². The molecule has 0 aromatic heterocycles. The van der Waals surface area contributed by atoms with Gasteiger partial charge >= 0.3 is 0 Å². The van der Waals surface area contributed by atoms with Crippen molar-refractivity contribution in [2.75, 3.05) is 0 Å². The van der Waals surface area contributed by atoms with Gasteiger partial charge in [-0.2, -0.15) is 0 Å². The third kappa shape index (κ3) is 2.22. The van der Waals surface area contributed by atoms with Crippen LogP contribution in [0.4, 0.5) is 0 Å². The van der Waals surface area contributed by atoms with Crippen LogP contribution in [0.2, 0.25) is 0 Å². The molecule has 2 unspecified atom stereocenters. The topological polar surface area (TPSA) is 20.2 Å². The Kier molecular flexibility index (Phi) is 2.53. The molecule has 12 heavy (non-hydrogen) atoms. The number of hydrogen-bond donors (Lipinski definition) is 1. The summed E-state index contributed by atoms with van der Waals surface area (Å²) in [4.78, 5) is 0.